The van der Waals surface area contributed by atoms with Gasteiger partial charge in [-0.15, -0.1) is 0 Å². The van der Waals surface area contributed by atoms with Gasteiger partial charge in [-0.1, -0.05) is 0 Å². The molecule has 0 aliphatic carbocycles. The van der Waals surface area contributed by atoms with Crippen molar-refractivity contribution >= 4 is 27.4 Å². The van der Waals surface area contributed by atoms with Gasteiger partial charge in [-0.25, -0.2) is 13.8 Å². The zero-order valence-corrected chi connectivity index (χ0v) is 12.7. The van der Waals surface area contributed by atoms with Crippen LogP contribution in [0.2, 0.25) is 0 Å². The number of aromatic nitrogens is 1. The van der Waals surface area contributed by atoms with Crippen LogP contribution < -0.4 is 10.0 Å². The minimum absolute atomic E-state index is 0.0878. The van der Waals surface area contributed by atoms with Crippen LogP contribution in [-0.4, -0.2) is 31.8 Å². The summed E-state index contributed by atoms with van der Waals surface area (Å²) in [6.45, 7) is 0. The van der Waals surface area contributed by atoms with Gasteiger partial charge >= 0.3 is 10.2 Å². The maximum absolute atomic E-state index is 13.5. The first-order valence-electron chi connectivity index (χ1n) is 6.16. The molecule has 0 atom stereocenters. The second kappa shape index (κ2) is 6.24. The fraction of sp³-hybridized carbons (Fsp3) is 0.154. The van der Waals surface area contributed by atoms with E-state index in [9.17, 15) is 17.2 Å². The van der Waals surface area contributed by atoms with E-state index in [4.69, 9.17) is 0 Å². The molecule has 0 saturated carbocycles. The van der Waals surface area contributed by atoms with E-state index in [2.05, 4.69) is 15.0 Å². The second-order valence-electron chi connectivity index (χ2n) is 4.57. The van der Waals surface area contributed by atoms with E-state index in [0.29, 0.717) is 5.69 Å². The van der Waals surface area contributed by atoms with Gasteiger partial charge in [-0.2, -0.15) is 12.7 Å². The molecule has 1 aromatic heterocycles. The maximum atomic E-state index is 13.5. The predicted octanol–water partition coefficient (Wildman–Crippen LogP) is 2.32. The summed E-state index contributed by atoms with van der Waals surface area (Å²) in [6, 6.07) is 6.08. The largest absolute Gasteiger partial charge is 0.352 e. The minimum Gasteiger partial charge on any atom is -0.352 e. The third-order valence-corrected chi connectivity index (χ3v) is 4.12. The third-order valence-electron chi connectivity index (χ3n) is 2.69. The van der Waals surface area contributed by atoms with Gasteiger partial charge < -0.3 is 5.32 Å². The minimum atomic E-state index is -3.64. The molecule has 9 heteroatoms. The van der Waals surface area contributed by atoms with Crippen LogP contribution >= 0.6 is 0 Å². The van der Waals surface area contributed by atoms with Crippen LogP contribution in [0.1, 0.15) is 0 Å². The third kappa shape index (κ3) is 3.89. The van der Waals surface area contributed by atoms with Crippen molar-refractivity contribution in [2.75, 3.05) is 24.1 Å². The monoisotopic (exact) mass is 328 g/mol. The van der Waals surface area contributed by atoms with E-state index in [1.54, 1.807) is 0 Å². The van der Waals surface area contributed by atoms with Crippen molar-refractivity contribution in [3.63, 3.8) is 0 Å². The number of pyridine rings is 1. The normalized spacial score (nSPS) is 11.5. The second-order valence-corrected chi connectivity index (χ2v) is 6.46. The first-order chi connectivity index (χ1) is 10.3. The van der Waals surface area contributed by atoms with Crippen LogP contribution in [0.15, 0.2) is 36.5 Å². The number of hydrogen-bond donors (Lipinski definition) is 2. The Hall–Kier alpha value is -2.26. The molecular formula is C13H14F2N4O2S. The Kier molecular flexibility index (Phi) is 4.57. The molecule has 1 aromatic carbocycles. The summed E-state index contributed by atoms with van der Waals surface area (Å²) in [5.74, 6) is -1.29. The van der Waals surface area contributed by atoms with Crippen LogP contribution in [0.4, 0.5) is 26.0 Å². The van der Waals surface area contributed by atoms with Crippen molar-refractivity contribution in [1.82, 2.24) is 9.29 Å². The Labute approximate surface area is 127 Å². The Balaban J connectivity index is 2.12. The first kappa shape index (κ1) is 16.1. The number of rotatable bonds is 5. The lowest BCUT2D eigenvalue weighted by atomic mass is 10.3. The van der Waals surface area contributed by atoms with Gasteiger partial charge in [0.25, 0.3) is 0 Å². The number of hydrogen-bond acceptors (Lipinski definition) is 4. The standard InChI is InChI=1S/C13H14F2N4O2S/c1-19(2)22(20,21)18-13-6-4-10(8-16-13)17-12-5-3-9(14)7-11(12)15/h3-8,17H,1-2H3,(H,16,18). The Morgan fingerprint density at radius 1 is 1.14 bits per heavy atom. The Morgan fingerprint density at radius 2 is 1.86 bits per heavy atom. The Morgan fingerprint density at radius 3 is 2.41 bits per heavy atom. The van der Waals surface area contributed by atoms with Gasteiger partial charge in [0, 0.05) is 20.2 Å². The van der Waals surface area contributed by atoms with Crippen molar-refractivity contribution in [3.8, 4) is 0 Å². The fourth-order valence-corrected chi connectivity index (χ4v) is 2.07. The van der Waals surface area contributed by atoms with Crippen LogP contribution in [-0.2, 0) is 10.2 Å². The molecule has 2 aromatic rings. The lowest BCUT2D eigenvalue weighted by molar-refractivity contribution is 0.526. The zero-order valence-electron chi connectivity index (χ0n) is 11.8. The molecule has 6 nitrogen and oxygen atoms in total. The van der Waals surface area contributed by atoms with E-state index in [0.717, 1.165) is 16.4 Å². The van der Waals surface area contributed by atoms with Crippen molar-refractivity contribution in [1.29, 1.82) is 0 Å². The van der Waals surface area contributed by atoms with E-state index < -0.39 is 21.8 Å². The van der Waals surface area contributed by atoms with Crippen LogP contribution in [0.25, 0.3) is 0 Å². The summed E-state index contributed by atoms with van der Waals surface area (Å²) >= 11 is 0. The number of benzene rings is 1. The average Bonchev–Trinajstić information content (AvgIpc) is 2.43. The topological polar surface area (TPSA) is 74.3 Å². The molecule has 0 aliphatic heterocycles. The molecule has 2 rings (SSSR count). The molecule has 22 heavy (non-hydrogen) atoms. The predicted molar refractivity (Wildman–Crippen MR) is 80.1 cm³/mol. The molecule has 0 spiro atoms. The molecule has 0 unspecified atom stereocenters. The molecule has 0 radical (unpaired) electrons. The Bertz CT molecular complexity index is 764. The molecular weight excluding hydrogens is 314 g/mol. The van der Waals surface area contributed by atoms with Crippen molar-refractivity contribution in [2.45, 2.75) is 0 Å². The van der Waals surface area contributed by atoms with Gasteiger partial charge in [0.05, 0.1) is 17.6 Å². The summed E-state index contributed by atoms with van der Waals surface area (Å²) in [6.07, 6.45) is 1.33. The van der Waals surface area contributed by atoms with Gasteiger partial charge in [0.2, 0.25) is 0 Å². The number of nitrogens with one attached hydrogen (secondary N) is 2. The van der Waals surface area contributed by atoms with Crippen molar-refractivity contribution in [3.05, 3.63) is 48.2 Å². The highest BCUT2D eigenvalue weighted by Gasteiger charge is 2.13. The quantitative estimate of drug-likeness (QED) is 0.883. The summed E-state index contributed by atoms with van der Waals surface area (Å²) in [5.41, 5.74) is 0.517. The van der Waals surface area contributed by atoms with E-state index in [1.807, 2.05) is 0 Å². The van der Waals surface area contributed by atoms with Gasteiger partial charge in [0.1, 0.15) is 17.5 Å². The summed E-state index contributed by atoms with van der Waals surface area (Å²) < 4.78 is 52.8. The molecule has 0 bridgehead atoms. The van der Waals surface area contributed by atoms with Crippen LogP contribution in [0, 0.1) is 11.6 Å². The SMILES string of the molecule is CN(C)S(=O)(=O)Nc1ccc(Nc2ccc(F)cc2F)cn1. The number of nitrogens with zero attached hydrogens (tertiary/aromatic N) is 2. The van der Waals surface area contributed by atoms with E-state index in [1.165, 1.54) is 38.5 Å². The maximum Gasteiger partial charge on any atom is 0.302 e. The van der Waals surface area contributed by atoms with Crippen molar-refractivity contribution < 1.29 is 17.2 Å². The lowest BCUT2D eigenvalue weighted by Gasteiger charge is -2.13. The highest BCUT2D eigenvalue weighted by Crippen LogP contribution is 2.21. The molecule has 2 N–H and O–H groups in total. The summed E-state index contributed by atoms with van der Waals surface area (Å²) in [5, 5.41) is 2.72. The summed E-state index contributed by atoms with van der Waals surface area (Å²) in [4.78, 5) is 3.91. The van der Waals surface area contributed by atoms with Crippen LogP contribution in [0.3, 0.4) is 0 Å². The highest BCUT2D eigenvalue weighted by molar-refractivity contribution is 7.90. The van der Waals surface area contributed by atoms with Gasteiger partial charge in [-0.05, 0) is 24.3 Å². The van der Waals surface area contributed by atoms with Crippen LogP contribution in [0.5, 0.6) is 0 Å². The number of anilines is 3. The number of halogens is 2. The fourth-order valence-electron chi connectivity index (χ4n) is 1.50. The smallest absolute Gasteiger partial charge is 0.302 e. The van der Waals surface area contributed by atoms with E-state index in [-0.39, 0.29) is 11.5 Å². The molecule has 0 amide bonds. The highest BCUT2D eigenvalue weighted by atomic mass is 32.2. The zero-order chi connectivity index (χ0) is 16.3. The summed E-state index contributed by atoms with van der Waals surface area (Å²) in [7, 11) is -0.867. The van der Waals surface area contributed by atoms with Gasteiger partial charge in [0.15, 0.2) is 0 Å². The molecule has 118 valence electrons. The molecule has 0 saturated heterocycles. The average molecular weight is 328 g/mol. The van der Waals surface area contributed by atoms with E-state index >= 15 is 0 Å². The first-order valence-corrected chi connectivity index (χ1v) is 7.60. The lowest BCUT2D eigenvalue weighted by Crippen LogP contribution is -2.29. The molecule has 0 fully saturated rings. The van der Waals surface area contributed by atoms with Gasteiger partial charge in [-0.3, -0.25) is 4.72 Å². The molecule has 0 aliphatic rings. The molecule has 1 heterocycles. The van der Waals surface area contributed by atoms with Crippen molar-refractivity contribution in [2.24, 2.45) is 0 Å².